The molecule has 98 valence electrons. The van der Waals surface area contributed by atoms with Gasteiger partial charge in [0.2, 0.25) is 0 Å². The Labute approximate surface area is 111 Å². The van der Waals surface area contributed by atoms with Crippen LogP contribution in [0.2, 0.25) is 0 Å². The molecular formula is C16H16O3. The van der Waals surface area contributed by atoms with E-state index in [1.807, 2.05) is 19.9 Å². The third-order valence-corrected chi connectivity index (χ3v) is 4.60. The van der Waals surface area contributed by atoms with E-state index >= 15 is 0 Å². The first-order valence-corrected chi connectivity index (χ1v) is 6.95. The fourth-order valence-corrected chi connectivity index (χ4v) is 3.36. The number of hydrogen-bond acceptors (Lipinski definition) is 3. The molecule has 0 saturated carbocycles. The fraction of sp³-hybridized carbons (Fsp3) is 0.438. The van der Waals surface area contributed by atoms with Crippen LogP contribution < -0.4 is 10.4 Å². The summed E-state index contributed by atoms with van der Waals surface area (Å²) >= 11 is 0. The van der Waals surface area contributed by atoms with Gasteiger partial charge in [-0.25, -0.2) is 4.79 Å². The molecule has 0 N–H and O–H groups in total. The second-order valence-electron chi connectivity index (χ2n) is 5.68. The summed E-state index contributed by atoms with van der Waals surface area (Å²) in [4.78, 5) is 12.2. The number of fused-ring (bicyclic) bond motifs is 5. The van der Waals surface area contributed by atoms with Crippen LogP contribution in [0.25, 0.3) is 11.0 Å². The molecule has 0 saturated heterocycles. The van der Waals surface area contributed by atoms with E-state index in [1.165, 1.54) is 11.1 Å². The number of rotatable bonds is 0. The topological polar surface area (TPSA) is 39.4 Å². The minimum absolute atomic E-state index is 0.0387. The molecule has 0 bridgehead atoms. The van der Waals surface area contributed by atoms with Gasteiger partial charge in [0.25, 0.3) is 0 Å². The summed E-state index contributed by atoms with van der Waals surface area (Å²) in [6.45, 7) is 4.02. The quantitative estimate of drug-likeness (QED) is 0.680. The first-order valence-electron chi connectivity index (χ1n) is 6.95. The van der Waals surface area contributed by atoms with E-state index in [9.17, 15) is 4.79 Å². The Morgan fingerprint density at radius 2 is 2.05 bits per heavy atom. The van der Waals surface area contributed by atoms with Gasteiger partial charge >= 0.3 is 5.63 Å². The highest BCUT2D eigenvalue weighted by atomic mass is 16.5. The summed E-state index contributed by atoms with van der Waals surface area (Å²) < 4.78 is 11.5. The molecule has 2 heterocycles. The lowest BCUT2D eigenvalue weighted by Crippen LogP contribution is -2.14. The molecule has 4 rings (SSSR count). The zero-order valence-corrected chi connectivity index (χ0v) is 11.2. The molecule has 19 heavy (non-hydrogen) atoms. The molecule has 0 radical (unpaired) electrons. The molecule has 3 heteroatoms. The highest BCUT2D eigenvalue weighted by Crippen LogP contribution is 2.42. The Balaban J connectivity index is 2.12. The van der Waals surface area contributed by atoms with Crippen LogP contribution in [-0.4, -0.2) is 6.10 Å². The van der Waals surface area contributed by atoms with Crippen molar-refractivity contribution in [1.29, 1.82) is 0 Å². The molecule has 1 aliphatic carbocycles. The van der Waals surface area contributed by atoms with Gasteiger partial charge in [0.15, 0.2) is 0 Å². The van der Waals surface area contributed by atoms with Crippen molar-refractivity contribution in [2.24, 2.45) is 0 Å². The third kappa shape index (κ3) is 1.36. The maximum absolute atomic E-state index is 12.2. The number of benzene rings is 1. The Kier molecular flexibility index (Phi) is 2.12. The van der Waals surface area contributed by atoms with Crippen LogP contribution in [-0.2, 0) is 12.8 Å². The lowest BCUT2D eigenvalue weighted by Gasteiger charge is -2.08. The van der Waals surface area contributed by atoms with Gasteiger partial charge in [-0.1, -0.05) is 13.0 Å². The van der Waals surface area contributed by atoms with Gasteiger partial charge in [-0.05, 0) is 43.4 Å². The normalized spacial score (nSPS) is 24.3. The van der Waals surface area contributed by atoms with Gasteiger partial charge in [-0.3, -0.25) is 0 Å². The monoisotopic (exact) mass is 256 g/mol. The summed E-state index contributed by atoms with van der Waals surface area (Å²) in [7, 11) is 0. The van der Waals surface area contributed by atoms with E-state index < -0.39 is 0 Å². The van der Waals surface area contributed by atoms with Gasteiger partial charge in [-0.15, -0.1) is 0 Å². The van der Waals surface area contributed by atoms with Gasteiger partial charge in [-0.2, -0.15) is 0 Å². The van der Waals surface area contributed by atoms with Crippen LogP contribution in [0, 0.1) is 0 Å². The first kappa shape index (κ1) is 11.1. The van der Waals surface area contributed by atoms with Gasteiger partial charge in [0.1, 0.15) is 17.4 Å². The highest BCUT2D eigenvalue weighted by Gasteiger charge is 2.34. The van der Waals surface area contributed by atoms with E-state index in [0.29, 0.717) is 5.56 Å². The third-order valence-electron chi connectivity index (χ3n) is 4.60. The standard InChI is InChI=1S/C16H16O3/c1-8-9(2)18-15-12-7-6-10-4-3-5-11(10)14(12)19-16(17)13(8)15/h6-9H,3-5H2,1-2H3/t8-,9+/m0/s1. The van der Waals surface area contributed by atoms with E-state index in [1.54, 1.807) is 0 Å². The molecule has 1 aromatic heterocycles. The summed E-state index contributed by atoms with van der Waals surface area (Å²) in [6.07, 6.45) is 3.26. The van der Waals surface area contributed by atoms with Gasteiger partial charge in [0, 0.05) is 5.92 Å². The minimum atomic E-state index is -0.223. The smallest absolute Gasteiger partial charge is 0.343 e. The maximum Gasteiger partial charge on any atom is 0.343 e. The van der Waals surface area contributed by atoms with Gasteiger partial charge in [0.05, 0.1) is 10.9 Å². The molecule has 2 atom stereocenters. The van der Waals surface area contributed by atoms with E-state index in [-0.39, 0.29) is 17.6 Å². The summed E-state index contributed by atoms with van der Waals surface area (Å²) in [5.74, 6) is 0.852. The average Bonchev–Trinajstić information content (AvgIpc) is 2.96. The van der Waals surface area contributed by atoms with E-state index in [0.717, 1.165) is 36.0 Å². The van der Waals surface area contributed by atoms with E-state index in [2.05, 4.69) is 6.07 Å². The van der Waals surface area contributed by atoms with Gasteiger partial charge < -0.3 is 9.15 Å². The molecule has 2 aliphatic rings. The largest absolute Gasteiger partial charge is 0.489 e. The molecule has 0 fully saturated rings. The molecular weight excluding hydrogens is 240 g/mol. The molecule has 0 spiro atoms. The molecule has 0 amide bonds. The van der Waals surface area contributed by atoms with Crippen LogP contribution >= 0.6 is 0 Å². The average molecular weight is 256 g/mol. The molecule has 1 aliphatic heterocycles. The predicted octanol–water partition coefficient (Wildman–Crippen LogP) is 3.17. The van der Waals surface area contributed by atoms with Crippen LogP contribution in [0.5, 0.6) is 5.75 Å². The lowest BCUT2D eigenvalue weighted by molar-refractivity contribution is 0.234. The maximum atomic E-state index is 12.2. The van der Waals surface area contributed by atoms with Crippen molar-refractivity contribution in [2.75, 3.05) is 0 Å². The van der Waals surface area contributed by atoms with Crippen molar-refractivity contribution in [3.8, 4) is 5.75 Å². The Bertz CT molecular complexity index is 742. The van der Waals surface area contributed by atoms with Crippen LogP contribution in [0.15, 0.2) is 21.3 Å². The lowest BCUT2D eigenvalue weighted by atomic mass is 9.98. The van der Waals surface area contributed by atoms with Crippen molar-refractivity contribution >= 4 is 11.0 Å². The zero-order valence-electron chi connectivity index (χ0n) is 11.2. The van der Waals surface area contributed by atoms with Crippen molar-refractivity contribution in [3.63, 3.8) is 0 Å². The highest BCUT2D eigenvalue weighted by molar-refractivity contribution is 5.89. The Morgan fingerprint density at radius 1 is 1.21 bits per heavy atom. The van der Waals surface area contributed by atoms with Crippen LogP contribution in [0.1, 0.15) is 42.9 Å². The van der Waals surface area contributed by atoms with Crippen molar-refractivity contribution in [1.82, 2.24) is 0 Å². The fourth-order valence-electron chi connectivity index (χ4n) is 3.36. The SMILES string of the molecule is C[C@@H]1c2c(c3ccc4c(c3oc2=O)CCC4)O[C@@H]1C. The van der Waals surface area contributed by atoms with Crippen LogP contribution in [0.4, 0.5) is 0 Å². The Hall–Kier alpha value is -1.77. The van der Waals surface area contributed by atoms with E-state index in [4.69, 9.17) is 9.15 Å². The number of aryl methyl sites for hydroxylation is 2. The molecule has 1 aromatic carbocycles. The van der Waals surface area contributed by atoms with Crippen molar-refractivity contribution in [2.45, 2.75) is 45.1 Å². The van der Waals surface area contributed by atoms with Crippen molar-refractivity contribution in [3.05, 3.63) is 39.2 Å². The van der Waals surface area contributed by atoms with Crippen LogP contribution in [0.3, 0.4) is 0 Å². The second kappa shape index (κ2) is 3.62. The molecule has 0 unspecified atom stereocenters. The minimum Gasteiger partial charge on any atom is -0.489 e. The van der Waals surface area contributed by atoms with Crippen molar-refractivity contribution < 1.29 is 9.15 Å². The zero-order chi connectivity index (χ0) is 13.1. The second-order valence-corrected chi connectivity index (χ2v) is 5.68. The molecule has 2 aromatic rings. The summed E-state index contributed by atoms with van der Waals surface area (Å²) in [5.41, 5.74) is 3.75. The summed E-state index contributed by atoms with van der Waals surface area (Å²) in [6, 6.07) is 4.20. The Morgan fingerprint density at radius 3 is 2.89 bits per heavy atom. The predicted molar refractivity (Wildman–Crippen MR) is 73.0 cm³/mol. The number of hydrogen-bond donors (Lipinski definition) is 0. The summed E-state index contributed by atoms with van der Waals surface area (Å²) in [5, 5.41) is 0.964. The molecule has 3 nitrogen and oxygen atoms in total. The number of ether oxygens (including phenoxy) is 1. The first-order chi connectivity index (χ1) is 9.16.